The summed E-state index contributed by atoms with van der Waals surface area (Å²) >= 11 is 0. The van der Waals surface area contributed by atoms with E-state index in [9.17, 15) is 8.42 Å². The molecule has 0 spiro atoms. The summed E-state index contributed by atoms with van der Waals surface area (Å²) < 4.78 is 24.8. The summed E-state index contributed by atoms with van der Waals surface area (Å²) in [6.07, 6.45) is 9.88. The van der Waals surface area contributed by atoms with Gasteiger partial charge >= 0.3 is 0 Å². The first-order chi connectivity index (χ1) is 8.55. The van der Waals surface area contributed by atoms with E-state index in [1.165, 1.54) is 38.4 Å². The average Bonchev–Trinajstić information content (AvgIpc) is 2.57. The predicted octanol–water partition coefficient (Wildman–Crippen LogP) is 1.58. The molecule has 0 radical (unpaired) electrons. The molecule has 4 nitrogen and oxygen atoms in total. The molecule has 0 aromatic carbocycles. The van der Waals surface area contributed by atoms with E-state index < -0.39 is 10.0 Å². The Kier molecular flexibility index (Phi) is 5.04. The van der Waals surface area contributed by atoms with Gasteiger partial charge < -0.3 is 5.32 Å². The number of sulfonamides is 1. The second-order valence-corrected chi connectivity index (χ2v) is 7.85. The molecule has 0 saturated carbocycles. The smallest absolute Gasteiger partial charge is 0.211 e. The molecule has 0 bridgehead atoms. The van der Waals surface area contributed by atoms with Crippen LogP contribution in [0.3, 0.4) is 0 Å². The lowest BCUT2D eigenvalue weighted by Gasteiger charge is -2.33. The molecule has 2 fully saturated rings. The fraction of sp³-hybridized carbons (Fsp3) is 1.00. The average molecular weight is 274 g/mol. The van der Waals surface area contributed by atoms with Gasteiger partial charge in [-0.25, -0.2) is 12.7 Å². The molecular formula is C13H26N2O2S. The van der Waals surface area contributed by atoms with Gasteiger partial charge in [0.2, 0.25) is 10.0 Å². The summed E-state index contributed by atoms with van der Waals surface area (Å²) in [6.45, 7) is 2.58. The second-order valence-electron chi connectivity index (χ2n) is 5.87. The highest BCUT2D eigenvalue weighted by Gasteiger charge is 2.27. The second kappa shape index (κ2) is 6.35. The zero-order chi connectivity index (χ0) is 13.0. The van der Waals surface area contributed by atoms with Gasteiger partial charge in [-0.05, 0) is 44.6 Å². The zero-order valence-electron chi connectivity index (χ0n) is 11.4. The Balaban J connectivity index is 1.85. The zero-order valence-corrected chi connectivity index (χ0v) is 12.2. The summed E-state index contributed by atoms with van der Waals surface area (Å²) in [5.74, 6) is 0.545. The van der Waals surface area contributed by atoms with Crippen LogP contribution in [-0.4, -0.2) is 44.7 Å². The van der Waals surface area contributed by atoms with Gasteiger partial charge in [-0.3, -0.25) is 0 Å². The first kappa shape index (κ1) is 14.3. The van der Waals surface area contributed by atoms with Crippen LogP contribution in [0.25, 0.3) is 0 Å². The molecule has 2 rings (SSSR count). The van der Waals surface area contributed by atoms with Crippen molar-refractivity contribution in [2.75, 3.05) is 25.9 Å². The maximum atomic E-state index is 11.6. The maximum Gasteiger partial charge on any atom is 0.211 e. The van der Waals surface area contributed by atoms with E-state index in [0.29, 0.717) is 18.5 Å². The van der Waals surface area contributed by atoms with Crippen LogP contribution in [0.5, 0.6) is 0 Å². The van der Waals surface area contributed by atoms with Crippen molar-refractivity contribution in [2.45, 2.75) is 51.0 Å². The van der Waals surface area contributed by atoms with Gasteiger partial charge in [0.05, 0.1) is 6.26 Å². The molecule has 2 unspecified atom stereocenters. The van der Waals surface area contributed by atoms with Crippen LogP contribution in [-0.2, 0) is 10.0 Å². The number of nitrogens with zero attached hydrogens (tertiary/aromatic N) is 1. The minimum absolute atomic E-state index is 0.545. The third kappa shape index (κ3) is 4.21. The Morgan fingerprint density at radius 3 is 2.78 bits per heavy atom. The van der Waals surface area contributed by atoms with E-state index >= 15 is 0 Å². The largest absolute Gasteiger partial charge is 0.314 e. The van der Waals surface area contributed by atoms with Gasteiger partial charge in [-0.15, -0.1) is 0 Å². The molecule has 18 heavy (non-hydrogen) atoms. The monoisotopic (exact) mass is 274 g/mol. The molecule has 0 aromatic heterocycles. The fourth-order valence-electron chi connectivity index (χ4n) is 3.22. The summed E-state index contributed by atoms with van der Waals surface area (Å²) in [6, 6.07) is 0.608. The van der Waals surface area contributed by atoms with Crippen molar-refractivity contribution in [3.63, 3.8) is 0 Å². The molecule has 2 aliphatic heterocycles. The van der Waals surface area contributed by atoms with E-state index in [-0.39, 0.29) is 0 Å². The molecule has 0 amide bonds. The SMILES string of the molecule is CS(=O)(=O)N1CCCC(CC2CCCCCN2)C1. The normalized spacial score (nSPS) is 32.1. The van der Waals surface area contributed by atoms with E-state index in [1.54, 1.807) is 4.31 Å². The molecule has 2 atom stereocenters. The van der Waals surface area contributed by atoms with Crippen LogP contribution in [0.2, 0.25) is 0 Å². The van der Waals surface area contributed by atoms with Gasteiger partial charge in [-0.2, -0.15) is 0 Å². The van der Waals surface area contributed by atoms with E-state index in [0.717, 1.165) is 25.9 Å². The van der Waals surface area contributed by atoms with Crippen molar-refractivity contribution < 1.29 is 8.42 Å². The van der Waals surface area contributed by atoms with Crippen molar-refractivity contribution in [2.24, 2.45) is 5.92 Å². The number of nitrogens with one attached hydrogen (secondary N) is 1. The van der Waals surface area contributed by atoms with E-state index in [4.69, 9.17) is 0 Å². The van der Waals surface area contributed by atoms with Crippen molar-refractivity contribution in [1.82, 2.24) is 9.62 Å². The summed E-state index contributed by atoms with van der Waals surface area (Å²) in [7, 11) is -2.99. The standard InChI is InChI=1S/C13H26N2O2S/c1-18(16,17)15-9-5-6-12(11-15)10-13-7-3-2-4-8-14-13/h12-14H,2-11H2,1H3. The summed E-state index contributed by atoms with van der Waals surface area (Å²) in [4.78, 5) is 0. The third-order valence-electron chi connectivity index (χ3n) is 4.23. The Morgan fingerprint density at radius 1 is 1.17 bits per heavy atom. The lowest BCUT2D eigenvalue weighted by molar-refractivity contribution is 0.236. The number of piperidine rings is 1. The van der Waals surface area contributed by atoms with Crippen LogP contribution >= 0.6 is 0 Å². The molecule has 2 heterocycles. The first-order valence-electron chi connectivity index (χ1n) is 7.24. The molecule has 0 aromatic rings. The lowest BCUT2D eigenvalue weighted by Crippen LogP contribution is -2.41. The fourth-order valence-corrected chi connectivity index (χ4v) is 4.17. The van der Waals surface area contributed by atoms with Crippen LogP contribution in [0, 0.1) is 5.92 Å². The molecule has 1 N–H and O–H groups in total. The van der Waals surface area contributed by atoms with Crippen molar-refractivity contribution in [3.8, 4) is 0 Å². The quantitative estimate of drug-likeness (QED) is 0.850. The lowest BCUT2D eigenvalue weighted by atomic mass is 9.91. The van der Waals surface area contributed by atoms with Gasteiger partial charge in [0, 0.05) is 19.1 Å². The van der Waals surface area contributed by atoms with Crippen LogP contribution < -0.4 is 5.32 Å². The third-order valence-corrected chi connectivity index (χ3v) is 5.50. The van der Waals surface area contributed by atoms with Crippen LogP contribution in [0.1, 0.15) is 44.9 Å². The maximum absolute atomic E-state index is 11.6. The topological polar surface area (TPSA) is 49.4 Å². The van der Waals surface area contributed by atoms with Gasteiger partial charge in [0.15, 0.2) is 0 Å². The Hall–Kier alpha value is -0.130. The van der Waals surface area contributed by atoms with E-state index in [1.807, 2.05) is 0 Å². The van der Waals surface area contributed by atoms with Gasteiger partial charge in [0.25, 0.3) is 0 Å². The van der Waals surface area contributed by atoms with Crippen molar-refractivity contribution in [1.29, 1.82) is 0 Å². The highest BCUT2D eigenvalue weighted by molar-refractivity contribution is 7.88. The molecular weight excluding hydrogens is 248 g/mol. The summed E-state index contributed by atoms with van der Waals surface area (Å²) in [5.41, 5.74) is 0. The highest BCUT2D eigenvalue weighted by atomic mass is 32.2. The Labute approximate surface area is 111 Å². The predicted molar refractivity (Wildman–Crippen MR) is 74.0 cm³/mol. The van der Waals surface area contributed by atoms with Crippen molar-refractivity contribution >= 4 is 10.0 Å². The molecule has 5 heteroatoms. The highest BCUT2D eigenvalue weighted by Crippen LogP contribution is 2.24. The van der Waals surface area contributed by atoms with Crippen molar-refractivity contribution in [3.05, 3.63) is 0 Å². The first-order valence-corrected chi connectivity index (χ1v) is 9.09. The number of hydrogen-bond donors (Lipinski definition) is 1. The van der Waals surface area contributed by atoms with Gasteiger partial charge in [0.1, 0.15) is 0 Å². The molecule has 2 saturated heterocycles. The molecule has 0 aliphatic carbocycles. The van der Waals surface area contributed by atoms with Crippen LogP contribution in [0.4, 0.5) is 0 Å². The molecule has 2 aliphatic rings. The van der Waals surface area contributed by atoms with E-state index in [2.05, 4.69) is 5.32 Å². The minimum atomic E-state index is -2.99. The number of hydrogen-bond acceptors (Lipinski definition) is 3. The molecule has 106 valence electrons. The minimum Gasteiger partial charge on any atom is -0.314 e. The van der Waals surface area contributed by atoms with Gasteiger partial charge in [-0.1, -0.05) is 12.8 Å². The Morgan fingerprint density at radius 2 is 2.00 bits per heavy atom. The Bertz CT molecular complexity index is 348. The number of rotatable bonds is 3. The van der Waals surface area contributed by atoms with Crippen LogP contribution in [0.15, 0.2) is 0 Å². The summed E-state index contributed by atoms with van der Waals surface area (Å²) in [5, 5.41) is 3.61.